The normalized spacial score (nSPS) is 17.5. The summed E-state index contributed by atoms with van der Waals surface area (Å²) in [6.45, 7) is 1.04. The van der Waals surface area contributed by atoms with E-state index in [2.05, 4.69) is 43.9 Å². The van der Waals surface area contributed by atoms with Crippen LogP contribution >= 0.6 is 11.3 Å². The van der Waals surface area contributed by atoms with E-state index >= 15 is 0 Å². The molecule has 1 aromatic carbocycles. The van der Waals surface area contributed by atoms with Crippen molar-refractivity contribution in [2.75, 3.05) is 25.0 Å². The summed E-state index contributed by atoms with van der Waals surface area (Å²) in [5.41, 5.74) is 13.0. The zero-order chi connectivity index (χ0) is 14.7. The van der Waals surface area contributed by atoms with Gasteiger partial charge in [-0.3, -0.25) is 4.99 Å². The first-order valence-electron chi connectivity index (χ1n) is 6.71. The van der Waals surface area contributed by atoms with Crippen LogP contribution in [-0.4, -0.2) is 31.9 Å². The summed E-state index contributed by atoms with van der Waals surface area (Å²) in [7, 11) is 2.03. The van der Waals surface area contributed by atoms with Gasteiger partial charge in [0.2, 0.25) is 0 Å². The van der Waals surface area contributed by atoms with Gasteiger partial charge in [0.1, 0.15) is 0 Å². The molecular formula is C15H15N5S. The van der Waals surface area contributed by atoms with E-state index in [1.165, 1.54) is 0 Å². The number of benzodiazepines with no additional fused rings is 1. The highest BCUT2D eigenvalue weighted by Crippen LogP contribution is 2.28. The van der Waals surface area contributed by atoms with Gasteiger partial charge in [-0.1, -0.05) is 23.3 Å². The first-order chi connectivity index (χ1) is 10.3. The number of benzene rings is 1. The third kappa shape index (κ3) is 2.63. The van der Waals surface area contributed by atoms with Gasteiger partial charge in [0.05, 0.1) is 18.3 Å². The number of anilines is 1. The van der Waals surface area contributed by atoms with Crippen LogP contribution in [0.5, 0.6) is 0 Å². The van der Waals surface area contributed by atoms with E-state index in [0.29, 0.717) is 13.1 Å². The molecule has 106 valence electrons. The second-order valence-corrected chi connectivity index (χ2v) is 5.68. The molecule has 21 heavy (non-hydrogen) atoms. The molecule has 0 fully saturated rings. The predicted molar refractivity (Wildman–Crippen MR) is 87.5 cm³/mol. The maximum Gasteiger partial charge on any atom is 0.0749 e. The number of thiophene rings is 1. The predicted octanol–water partition coefficient (Wildman–Crippen LogP) is 3.71. The standard InChI is InChI=1S/C15H15N5S/c1-20-12(9-18-19-16)8-17-15(11-6-7-21-10-11)13-4-2-3-5-14(13)20/h2-7,10,12H,8-9H2,1H3. The molecule has 1 aliphatic rings. The number of hydrogen-bond acceptors (Lipinski definition) is 4. The molecule has 0 N–H and O–H groups in total. The molecule has 0 amide bonds. The van der Waals surface area contributed by atoms with Crippen LogP contribution in [-0.2, 0) is 0 Å². The number of likely N-dealkylation sites (N-methyl/N-ethyl adjacent to an activating group) is 1. The van der Waals surface area contributed by atoms with Gasteiger partial charge in [-0.2, -0.15) is 11.3 Å². The third-order valence-corrected chi connectivity index (χ3v) is 4.38. The van der Waals surface area contributed by atoms with Gasteiger partial charge in [-0.15, -0.1) is 0 Å². The molecule has 5 nitrogen and oxygen atoms in total. The van der Waals surface area contributed by atoms with Gasteiger partial charge in [-0.25, -0.2) is 0 Å². The summed E-state index contributed by atoms with van der Waals surface area (Å²) in [6, 6.07) is 10.4. The van der Waals surface area contributed by atoms with Gasteiger partial charge >= 0.3 is 0 Å². The van der Waals surface area contributed by atoms with Gasteiger partial charge < -0.3 is 4.90 Å². The van der Waals surface area contributed by atoms with Gasteiger partial charge in [0.15, 0.2) is 0 Å². The van der Waals surface area contributed by atoms with Crippen molar-refractivity contribution < 1.29 is 0 Å². The Bertz CT molecular complexity index is 701. The van der Waals surface area contributed by atoms with Crippen molar-refractivity contribution in [3.8, 4) is 0 Å². The highest BCUT2D eigenvalue weighted by molar-refractivity contribution is 7.08. The topological polar surface area (TPSA) is 64.4 Å². The summed E-state index contributed by atoms with van der Waals surface area (Å²) in [6.07, 6.45) is 0. The van der Waals surface area contributed by atoms with E-state index in [1.807, 2.05) is 19.2 Å². The zero-order valence-corrected chi connectivity index (χ0v) is 12.5. The van der Waals surface area contributed by atoms with Crippen molar-refractivity contribution in [1.82, 2.24) is 0 Å². The Hall–Kier alpha value is -2.30. The SMILES string of the molecule is CN1c2ccccc2C(c2ccsc2)=NCC1CN=[N+]=[N-]. The van der Waals surface area contributed by atoms with Crippen LogP contribution in [0.1, 0.15) is 11.1 Å². The Morgan fingerprint density at radius 2 is 2.29 bits per heavy atom. The average molecular weight is 297 g/mol. The molecule has 0 aliphatic carbocycles. The molecular weight excluding hydrogens is 282 g/mol. The van der Waals surface area contributed by atoms with Crippen LogP contribution in [0.2, 0.25) is 0 Å². The molecule has 0 saturated heterocycles. The molecule has 0 radical (unpaired) electrons. The maximum atomic E-state index is 8.56. The summed E-state index contributed by atoms with van der Waals surface area (Å²) in [5.74, 6) is 0. The second kappa shape index (κ2) is 5.99. The fourth-order valence-electron chi connectivity index (χ4n) is 2.54. The molecule has 0 spiro atoms. The minimum absolute atomic E-state index is 0.0817. The Morgan fingerprint density at radius 1 is 1.43 bits per heavy atom. The molecule has 1 aromatic heterocycles. The highest BCUT2D eigenvalue weighted by Gasteiger charge is 2.23. The van der Waals surface area contributed by atoms with Crippen molar-refractivity contribution in [2.45, 2.75) is 6.04 Å². The van der Waals surface area contributed by atoms with Gasteiger partial charge in [0.25, 0.3) is 0 Å². The molecule has 1 atom stereocenters. The molecule has 0 saturated carbocycles. The number of nitrogens with zero attached hydrogens (tertiary/aromatic N) is 5. The number of fused-ring (bicyclic) bond motifs is 1. The van der Waals surface area contributed by atoms with E-state index in [0.717, 1.165) is 22.5 Å². The summed E-state index contributed by atoms with van der Waals surface area (Å²) in [4.78, 5) is 9.82. The number of rotatable bonds is 3. The molecule has 2 aromatic rings. The zero-order valence-electron chi connectivity index (χ0n) is 11.7. The van der Waals surface area contributed by atoms with Crippen LogP contribution in [0, 0.1) is 0 Å². The van der Waals surface area contributed by atoms with Crippen LogP contribution < -0.4 is 4.90 Å². The maximum absolute atomic E-state index is 8.56. The first kappa shape index (κ1) is 13.7. The van der Waals surface area contributed by atoms with Crippen LogP contribution in [0.25, 0.3) is 10.4 Å². The fraction of sp³-hybridized carbons (Fsp3) is 0.267. The Kier molecular flexibility index (Phi) is 3.90. The minimum Gasteiger partial charge on any atom is -0.369 e. The Balaban J connectivity index is 2.08. The Labute approximate surface area is 127 Å². The lowest BCUT2D eigenvalue weighted by Crippen LogP contribution is -2.36. The average Bonchev–Trinajstić information content (AvgIpc) is 3.00. The molecule has 1 aliphatic heterocycles. The summed E-state index contributed by atoms with van der Waals surface area (Å²) < 4.78 is 0. The third-order valence-electron chi connectivity index (χ3n) is 3.70. The van der Waals surface area contributed by atoms with E-state index in [4.69, 9.17) is 10.5 Å². The lowest BCUT2D eigenvalue weighted by atomic mass is 10.0. The van der Waals surface area contributed by atoms with Crippen molar-refractivity contribution in [3.63, 3.8) is 0 Å². The van der Waals surface area contributed by atoms with Crippen LogP contribution in [0.4, 0.5) is 5.69 Å². The van der Waals surface area contributed by atoms with E-state index in [9.17, 15) is 0 Å². The lowest BCUT2D eigenvalue weighted by molar-refractivity contribution is 0.651. The number of azide groups is 1. The molecule has 1 unspecified atom stereocenters. The molecule has 0 bridgehead atoms. The van der Waals surface area contributed by atoms with Crippen molar-refractivity contribution in [3.05, 3.63) is 62.7 Å². The van der Waals surface area contributed by atoms with E-state index < -0.39 is 0 Å². The lowest BCUT2D eigenvalue weighted by Gasteiger charge is -2.27. The monoisotopic (exact) mass is 297 g/mol. The molecule has 3 rings (SSSR count). The number of hydrogen-bond donors (Lipinski definition) is 0. The van der Waals surface area contributed by atoms with Gasteiger partial charge in [0, 0.05) is 40.7 Å². The van der Waals surface area contributed by atoms with Crippen molar-refractivity contribution >= 4 is 22.7 Å². The Morgan fingerprint density at radius 3 is 3.05 bits per heavy atom. The summed E-state index contributed by atoms with van der Waals surface area (Å²) in [5, 5.41) is 7.90. The van der Waals surface area contributed by atoms with E-state index in [1.54, 1.807) is 11.3 Å². The second-order valence-electron chi connectivity index (χ2n) is 4.90. The molecule has 2 heterocycles. The van der Waals surface area contributed by atoms with Crippen LogP contribution in [0.3, 0.4) is 0 Å². The van der Waals surface area contributed by atoms with Crippen molar-refractivity contribution in [1.29, 1.82) is 0 Å². The fourth-order valence-corrected chi connectivity index (χ4v) is 3.18. The minimum atomic E-state index is 0.0817. The van der Waals surface area contributed by atoms with E-state index in [-0.39, 0.29) is 6.04 Å². The largest absolute Gasteiger partial charge is 0.369 e. The first-order valence-corrected chi connectivity index (χ1v) is 7.65. The number of aliphatic imine (C=N–C) groups is 1. The number of para-hydroxylation sites is 1. The van der Waals surface area contributed by atoms with Crippen LogP contribution in [0.15, 0.2) is 51.2 Å². The smallest absolute Gasteiger partial charge is 0.0749 e. The quantitative estimate of drug-likeness (QED) is 0.484. The highest BCUT2D eigenvalue weighted by atomic mass is 32.1. The summed E-state index contributed by atoms with van der Waals surface area (Å²) >= 11 is 1.67. The molecule has 6 heteroatoms. The van der Waals surface area contributed by atoms with Crippen molar-refractivity contribution in [2.24, 2.45) is 10.1 Å². The van der Waals surface area contributed by atoms with Gasteiger partial charge in [-0.05, 0) is 23.0 Å².